The highest BCUT2D eigenvalue weighted by Gasteiger charge is 2.18. The van der Waals surface area contributed by atoms with Crippen molar-refractivity contribution in [2.75, 3.05) is 0 Å². The zero-order valence-corrected chi connectivity index (χ0v) is 15.5. The molecule has 3 aromatic rings. The number of benzene rings is 1. The highest BCUT2D eigenvalue weighted by atomic mass is 35.5. The molecular weight excluding hydrogens is 354 g/mol. The van der Waals surface area contributed by atoms with Crippen molar-refractivity contribution < 1.29 is 13.9 Å². The van der Waals surface area contributed by atoms with Gasteiger partial charge in [0.2, 0.25) is 0 Å². The van der Waals surface area contributed by atoms with E-state index in [0.29, 0.717) is 16.7 Å². The smallest absolute Gasteiger partial charge is 0.341 e. The quantitative estimate of drug-likeness (QED) is 0.387. The zero-order chi connectivity index (χ0) is 18.8. The summed E-state index contributed by atoms with van der Waals surface area (Å²) in [6.45, 7) is 5.53. The number of fused-ring (bicyclic) bond motifs is 1. The van der Waals surface area contributed by atoms with Crippen molar-refractivity contribution in [1.82, 2.24) is 4.98 Å². The molecular formula is C20H18ClNO4. The largest absolute Gasteiger partial charge is 0.457 e. The van der Waals surface area contributed by atoms with Crippen LogP contribution in [0.1, 0.15) is 39.7 Å². The van der Waals surface area contributed by atoms with E-state index < -0.39 is 11.6 Å². The van der Waals surface area contributed by atoms with Crippen LogP contribution in [-0.4, -0.2) is 11.0 Å². The summed E-state index contributed by atoms with van der Waals surface area (Å²) in [5.41, 5.74) is 3.29. The second-order valence-corrected chi connectivity index (χ2v) is 6.46. The third kappa shape index (κ3) is 3.63. The monoisotopic (exact) mass is 371 g/mol. The van der Waals surface area contributed by atoms with Crippen molar-refractivity contribution in [3.05, 3.63) is 73.9 Å². The lowest BCUT2D eigenvalue weighted by molar-refractivity contribution is 0.0472. The fourth-order valence-electron chi connectivity index (χ4n) is 2.87. The zero-order valence-electron chi connectivity index (χ0n) is 14.8. The molecule has 6 heteroatoms. The van der Waals surface area contributed by atoms with Crippen LogP contribution >= 0.6 is 11.6 Å². The van der Waals surface area contributed by atoms with Crippen LogP contribution in [0.2, 0.25) is 5.15 Å². The van der Waals surface area contributed by atoms with Crippen molar-refractivity contribution in [2.24, 2.45) is 0 Å². The summed E-state index contributed by atoms with van der Waals surface area (Å²) in [7, 11) is 0. The van der Waals surface area contributed by atoms with Crippen LogP contribution in [0.4, 0.5) is 0 Å². The Morgan fingerprint density at radius 3 is 2.69 bits per heavy atom. The minimum Gasteiger partial charge on any atom is -0.457 e. The van der Waals surface area contributed by atoms with Crippen LogP contribution in [0.3, 0.4) is 0 Å². The van der Waals surface area contributed by atoms with Gasteiger partial charge in [0.1, 0.15) is 17.3 Å². The number of nitrogens with zero attached hydrogens (tertiary/aromatic N) is 1. The summed E-state index contributed by atoms with van der Waals surface area (Å²) in [5.74, 6) is -0.577. The second-order valence-electron chi connectivity index (χ2n) is 6.10. The summed E-state index contributed by atoms with van der Waals surface area (Å²) in [5, 5.41) is 0.844. The van der Waals surface area contributed by atoms with Gasteiger partial charge >= 0.3 is 11.6 Å². The molecule has 2 aromatic heterocycles. The number of ether oxygens (including phenoxy) is 1. The Bertz CT molecular complexity index is 1030. The molecule has 3 rings (SSSR count). The lowest BCUT2D eigenvalue weighted by atomic mass is 10.1. The molecule has 134 valence electrons. The fraction of sp³-hybridized carbons (Fsp3) is 0.250. The minimum atomic E-state index is -0.577. The first-order valence-electron chi connectivity index (χ1n) is 8.25. The van der Waals surface area contributed by atoms with E-state index in [0.717, 1.165) is 23.1 Å². The Morgan fingerprint density at radius 2 is 2.00 bits per heavy atom. The normalized spacial score (nSPS) is 10.9. The molecule has 1 aromatic carbocycles. The van der Waals surface area contributed by atoms with Gasteiger partial charge in [-0.05, 0) is 43.5 Å². The Hall–Kier alpha value is -2.66. The van der Waals surface area contributed by atoms with Gasteiger partial charge in [-0.2, -0.15) is 0 Å². The van der Waals surface area contributed by atoms with E-state index >= 15 is 0 Å². The predicted octanol–water partition coefficient (Wildman–Crippen LogP) is 4.38. The molecule has 0 fully saturated rings. The Balaban J connectivity index is 1.90. The number of aryl methyl sites for hydroxylation is 3. The third-order valence-corrected chi connectivity index (χ3v) is 4.44. The van der Waals surface area contributed by atoms with Crippen molar-refractivity contribution in [1.29, 1.82) is 0 Å². The molecule has 0 unspecified atom stereocenters. The van der Waals surface area contributed by atoms with E-state index in [-0.39, 0.29) is 17.3 Å². The molecule has 0 bridgehead atoms. The molecule has 0 spiro atoms. The SMILES string of the molecule is CCc1ccc2c(COC(=O)c3c(C)cc(C)nc3Cl)cc(=O)oc2c1. The molecule has 0 aliphatic rings. The molecule has 0 saturated heterocycles. The highest BCUT2D eigenvalue weighted by molar-refractivity contribution is 6.32. The average molecular weight is 372 g/mol. The van der Waals surface area contributed by atoms with E-state index in [1.807, 2.05) is 25.1 Å². The summed E-state index contributed by atoms with van der Waals surface area (Å²) in [4.78, 5) is 28.4. The first kappa shape index (κ1) is 18.1. The van der Waals surface area contributed by atoms with Gasteiger partial charge in [0, 0.05) is 22.7 Å². The molecule has 0 aliphatic heterocycles. The van der Waals surface area contributed by atoms with Crippen molar-refractivity contribution in [3.63, 3.8) is 0 Å². The second kappa shape index (κ2) is 7.30. The number of hydrogen-bond acceptors (Lipinski definition) is 5. The molecule has 0 N–H and O–H groups in total. The van der Waals surface area contributed by atoms with Crippen molar-refractivity contribution >= 4 is 28.5 Å². The van der Waals surface area contributed by atoms with Gasteiger partial charge in [-0.25, -0.2) is 14.6 Å². The Morgan fingerprint density at radius 1 is 1.23 bits per heavy atom. The third-order valence-electron chi connectivity index (χ3n) is 4.17. The Kier molecular flexibility index (Phi) is 5.09. The maximum Gasteiger partial charge on any atom is 0.341 e. The molecule has 0 aliphatic carbocycles. The molecule has 5 nitrogen and oxygen atoms in total. The number of pyridine rings is 1. The van der Waals surface area contributed by atoms with E-state index in [1.54, 1.807) is 19.9 Å². The number of carbonyl (C=O) groups excluding carboxylic acids is 1. The van der Waals surface area contributed by atoms with E-state index in [1.165, 1.54) is 6.07 Å². The molecule has 2 heterocycles. The minimum absolute atomic E-state index is 0.0595. The van der Waals surface area contributed by atoms with Crippen LogP contribution in [0.5, 0.6) is 0 Å². The first-order chi connectivity index (χ1) is 12.4. The summed E-state index contributed by atoms with van der Waals surface area (Å²) in [6, 6.07) is 8.75. The van der Waals surface area contributed by atoms with Crippen LogP contribution in [0.25, 0.3) is 11.0 Å². The summed E-state index contributed by atoms with van der Waals surface area (Å²) in [6.07, 6.45) is 0.830. The molecule has 0 amide bonds. The fourth-order valence-corrected chi connectivity index (χ4v) is 3.23. The molecule has 0 saturated carbocycles. The van der Waals surface area contributed by atoms with Gasteiger partial charge in [0.05, 0.1) is 5.56 Å². The highest BCUT2D eigenvalue weighted by Crippen LogP contribution is 2.23. The van der Waals surface area contributed by atoms with Gasteiger partial charge in [-0.3, -0.25) is 0 Å². The number of esters is 1. The molecule has 26 heavy (non-hydrogen) atoms. The molecule has 0 radical (unpaired) electrons. The van der Waals surface area contributed by atoms with Gasteiger partial charge < -0.3 is 9.15 Å². The predicted molar refractivity (Wildman–Crippen MR) is 99.7 cm³/mol. The van der Waals surface area contributed by atoms with Crippen LogP contribution in [-0.2, 0) is 17.8 Å². The van der Waals surface area contributed by atoms with Gasteiger partial charge in [0.25, 0.3) is 0 Å². The van der Waals surface area contributed by atoms with Gasteiger partial charge in [0.15, 0.2) is 0 Å². The van der Waals surface area contributed by atoms with E-state index in [2.05, 4.69) is 4.98 Å². The van der Waals surface area contributed by atoms with Gasteiger partial charge in [-0.1, -0.05) is 30.7 Å². The van der Waals surface area contributed by atoms with E-state index in [4.69, 9.17) is 20.8 Å². The van der Waals surface area contributed by atoms with E-state index in [9.17, 15) is 9.59 Å². The maximum atomic E-state index is 12.4. The summed E-state index contributed by atoms with van der Waals surface area (Å²) < 4.78 is 10.7. The maximum absolute atomic E-state index is 12.4. The van der Waals surface area contributed by atoms with Gasteiger partial charge in [-0.15, -0.1) is 0 Å². The first-order valence-corrected chi connectivity index (χ1v) is 8.63. The number of hydrogen-bond donors (Lipinski definition) is 0. The number of carbonyl (C=O) groups is 1. The lowest BCUT2D eigenvalue weighted by Gasteiger charge is -2.10. The van der Waals surface area contributed by atoms with Crippen molar-refractivity contribution in [3.8, 4) is 0 Å². The average Bonchev–Trinajstić information content (AvgIpc) is 2.57. The Labute approximate surface area is 155 Å². The lowest BCUT2D eigenvalue weighted by Crippen LogP contribution is -2.11. The number of aromatic nitrogens is 1. The topological polar surface area (TPSA) is 69.4 Å². The van der Waals surface area contributed by atoms with Crippen LogP contribution < -0.4 is 5.63 Å². The summed E-state index contributed by atoms with van der Waals surface area (Å²) >= 11 is 6.09. The number of rotatable bonds is 4. The van der Waals surface area contributed by atoms with Crippen LogP contribution in [0, 0.1) is 13.8 Å². The molecule has 0 atom stereocenters. The standard InChI is InChI=1S/C20H18ClNO4/c1-4-13-5-6-15-14(9-17(23)26-16(15)8-13)10-25-20(24)18-11(2)7-12(3)22-19(18)21/h5-9H,4,10H2,1-3H3. The van der Waals surface area contributed by atoms with Crippen molar-refractivity contribution in [2.45, 2.75) is 33.8 Å². The number of halogens is 1. The van der Waals surface area contributed by atoms with Crippen LogP contribution in [0.15, 0.2) is 39.5 Å².